The number of rotatable bonds is 0. The summed E-state index contributed by atoms with van der Waals surface area (Å²) in [5.74, 6) is 0.426. The lowest BCUT2D eigenvalue weighted by Crippen LogP contribution is -2.47. The van der Waals surface area contributed by atoms with Gasteiger partial charge < -0.3 is 10.7 Å². The minimum atomic E-state index is -0.528. The maximum Gasteiger partial charge on any atom is 0.248 e. The number of H-pyrrole nitrogens is 1. The van der Waals surface area contributed by atoms with Gasteiger partial charge in [-0.25, -0.2) is 0 Å². The Bertz CT molecular complexity index is 624. The average molecular weight is 242 g/mol. The molecule has 3 N–H and O–H groups in total. The van der Waals surface area contributed by atoms with Crippen molar-refractivity contribution in [1.29, 1.82) is 0 Å². The molecular formula is C15H18N2O. The van der Waals surface area contributed by atoms with Crippen molar-refractivity contribution in [1.82, 2.24) is 4.98 Å². The molecular weight excluding hydrogens is 224 g/mol. The van der Waals surface area contributed by atoms with Crippen LogP contribution in [0.2, 0.25) is 0 Å². The highest BCUT2D eigenvalue weighted by Crippen LogP contribution is 2.46. The molecule has 0 spiro atoms. The number of hydrogen-bond acceptors (Lipinski definition) is 2. The van der Waals surface area contributed by atoms with Gasteiger partial charge in [-0.05, 0) is 49.8 Å². The number of allylic oxidation sites excluding steroid dienone is 2. The van der Waals surface area contributed by atoms with E-state index in [0.29, 0.717) is 5.92 Å². The third kappa shape index (κ3) is 1.44. The fourth-order valence-corrected chi connectivity index (χ4v) is 3.57. The number of aromatic amines is 1. The summed E-state index contributed by atoms with van der Waals surface area (Å²) in [6.07, 6.45) is 6.21. The molecule has 2 aliphatic rings. The highest BCUT2D eigenvalue weighted by Gasteiger charge is 2.42. The van der Waals surface area contributed by atoms with Crippen LogP contribution in [0.3, 0.4) is 0 Å². The Morgan fingerprint density at radius 1 is 1.44 bits per heavy atom. The van der Waals surface area contributed by atoms with Crippen LogP contribution in [0.1, 0.15) is 31.5 Å². The first kappa shape index (κ1) is 11.5. The van der Waals surface area contributed by atoms with Crippen molar-refractivity contribution in [3.8, 4) is 0 Å². The van der Waals surface area contributed by atoms with Gasteiger partial charge in [0, 0.05) is 11.8 Å². The molecule has 0 aromatic carbocycles. The van der Waals surface area contributed by atoms with Crippen molar-refractivity contribution in [3.05, 3.63) is 57.0 Å². The SMILES string of the molecule is CC=C1[C@@H]2CC(C)=C[C@@]1(N)c1ccc(=O)[nH]c1C2. The van der Waals surface area contributed by atoms with Crippen LogP contribution in [0, 0.1) is 5.92 Å². The second-order valence-corrected chi connectivity index (χ2v) is 5.42. The van der Waals surface area contributed by atoms with Crippen molar-refractivity contribution in [2.45, 2.75) is 32.2 Å². The summed E-state index contributed by atoms with van der Waals surface area (Å²) in [6, 6.07) is 3.45. The molecule has 3 heteroatoms. The highest BCUT2D eigenvalue weighted by atomic mass is 16.1. The average Bonchev–Trinajstić information content (AvgIpc) is 2.26. The van der Waals surface area contributed by atoms with Gasteiger partial charge in [-0.2, -0.15) is 0 Å². The molecule has 0 amide bonds. The van der Waals surface area contributed by atoms with Crippen LogP contribution in [0.15, 0.2) is 40.2 Å². The van der Waals surface area contributed by atoms with Crippen LogP contribution >= 0.6 is 0 Å². The third-order valence-corrected chi connectivity index (χ3v) is 4.17. The maximum atomic E-state index is 11.5. The monoisotopic (exact) mass is 242 g/mol. The largest absolute Gasteiger partial charge is 0.326 e. The van der Waals surface area contributed by atoms with E-state index < -0.39 is 5.54 Å². The standard InChI is InChI=1S/C15H18N2O/c1-3-11-10-6-9(2)8-15(11,16)12-4-5-14(18)17-13(12)7-10/h3-5,8,10H,6-7,16H2,1-2H3,(H,17,18)/t10-,15+/m1/s1. The smallest absolute Gasteiger partial charge is 0.248 e. The molecule has 1 aromatic rings. The summed E-state index contributed by atoms with van der Waals surface area (Å²) in [5.41, 5.74) is 10.7. The van der Waals surface area contributed by atoms with Crippen LogP contribution in [-0.2, 0) is 12.0 Å². The van der Waals surface area contributed by atoms with Crippen LogP contribution in [-0.4, -0.2) is 4.98 Å². The van der Waals surface area contributed by atoms with Gasteiger partial charge in [0.2, 0.25) is 5.56 Å². The van der Waals surface area contributed by atoms with Crippen LogP contribution in [0.4, 0.5) is 0 Å². The number of hydrogen-bond donors (Lipinski definition) is 2. The van der Waals surface area contributed by atoms with Gasteiger partial charge in [-0.15, -0.1) is 0 Å². The molecule has 2 bridgehead atoms. The van der Waals surface area contributed by atoms with Gasteiger partial charge in [0.05, 0.1) is 5.54 Å². The summed E-state index contributed by atoms with van der Waals surface area (Å²) in [4.78, 5) is 14.4. The Hall–Kier alpha value is -1.61. The number of aromatic nitrogens is 1. The Morgan fingerprint density at radius 3 is 2.94 bits per heavy atom. The number of pyridine rings is 1. The molecule has 3 nitrogen and oxygen atoms in total. The Balaban J connectivity index is 2.31. The summed E-state index contributed by atoms with van der Waals surface area (Å²) in [6.45, 7) is 4.19. The van der Waals surface area contributed by atoms with Crippen molar-refractivity contribution >= 4 is 0 Å². The van der Waals surface area contributed by atoms with E-state index in [1.807, 2.05) is 6.07 Å². The van der Waals surface area contributed by atoms with Crippen LogP contribution in [0.25, 0.3) is 0 Å². The van der Waals surface area contributed by atoms with E-state index in [9.17, 15) is 4.79 Å². The van der Waals surface area contributed by atoms with E-state index >= 15 is 0 Å². The summed E-state index contributed by atoms with van der Waals surface area (Å²) < 4.78 is 0. The van der Waals surface area contributed by atoms with Crippen LogP contribution in [0.5, 0.6) is 0 Å². The van der Waals surface area contributed by atoms with Crippen LogP contribution < -0.4 is 11.3 Å². The van der Waals surface area contributed by atoms with Gasteiger partial charge in [-0.1, -0.05) is 17.7 Å². The van der Waals surface area contributed by atoms with Crippen molar-refractivity contribution < 1.29 is 0 Å². The maximum absolute atomic E-state index is 11.5. The molecule has 2 aliphatic carbocycles. The van der Waals surface area contributed by atoms with E-state index in [0.717, 1.165) is 24.1 Å². The fourth-order valence-electron chi connectivity index (χ4n) is 3.57. The highest BCUT2D eigenvalue weighted by molar-refractivity contribution is 5.50. The topological polar surface area (TPSA) is 58.9 Å². The summed E-state index contributed by atoms with van der Waals surface area (Å²) in [7, 11) is 0. The Labute approximate surface area is 106 Å². The van der Waals surface area contributed by atoms with Gasteiger partial charge >= 0.3 is 0 Å². The second-order valence-electron chi connectivity index (χ2n) is 5.42. The van der Waals surface area contributed by atoms with Crippen molar-refractivity contribution in [3.63, 3.8) is 0 Å². The second kappa shape index (κ2) is 3.69. The molecule has 0 fully saturated rings. The minimum Gasteiger partial charge on any atom is -0.326 e. The van der Waals surface area contributed by atoms with Gasteiger partial charge in [0.25, 0.3) is 0 Å². The van der Waals surface area contributed by atoms with Crippen molar-refractivity contribution in [2.24, 2.45) is 11.7 Å². The molecule has 0 aliphatic heterocycles. The van der Waals surface area contributed by atoms with E-state index in [1.54, 1.807) is 6.07 Å². The summed E-state index contributed by atoms with van der Waals surface area (Å²) in [5, 5.41) is 0. The first-order valence-electron chi connectivity index (χ1n) is 6.41. The summed E-state index contributed by atoms with van der Waals surface area (Å²) >= 11 is 0. The zero-order valence-corrected chi connectivity index (χ0v) is 10.8. The number of nitrogens with two attached hydrogens (primary N) is 1. The predicted octanol–water partition coefficient (Wildman–Crippen LogP) is 2.00. The van der Waals surface area contributed by atoms with E-state index in [4.69, 9.17) is 5.73 Å². The normalized spacial score (nSPS) is 32.1. The molecule has 1 heterocycles. The molecule has 0 saturated heterocycles. The van der Waals surface area contributed by atoms with Gasteiger partial charge in [0.1, 0.15) is 0 Å². The van der Waals surface area contributed by atoms with Crippen molar-refractivity contribution in [2.75, 3.05) is 0 Å². The number of nitrogens with one attached hydrogen (secondary N) is 1. The lowest BCUT2D eigenvalue weighted by Gasteiger charge is -2.44. The Morgan fingerprint density at radius 2 is 2.22 bits per heavy atom. The molecule has 2 atom stereocenters. The lowest BCUT2D eigenvalue weighted by atomic mass is 9.64. The zero-order chi connectivity index (χ0) is 12.9. The van der Waals surface area contributed by atoms with Gasteiger partial charge in [-0.3, -0.25) is 4.79 Å². The minimum absolute atomic E-state index is 0.0416. The van der Waals surface area contributed by atoms with Gasteiger partial charge in [0.15, 0.2) is 0 Å². The zero-order valence-electron chi connectivity index (χ0n) is 10.8. The van der Waals surface area contributed by atoms with E-state index in [2.05, 4.69) is 31.0 Å². The fraction of sp³-hybridized carbons (Fsp3) is 0.400. The molecule has 94 valence electrons. The molecule has 0 radical (unpaired) electrons. The number of fused-ring (bicyclic) bond motifs is 4. The predicted molar refractivity (Wildman–Crippen MR) is 72.3 cm³/mol. The molecule has 3 rings (SSSR count). The first-order valence-corrected chi connectivity index (χ1v) is 6.41. The van der Waals surface area contributed by atoms with E-state index in [-0.39, 0.29) is 5.56 Å². The third-order valence-electron chi connectivity index (χ3n) is 4.17. The molecule has 0 saturated carbocycles. The lowest BCUT2D eigenvalue weighted by molar-refractivity contribution is 0.430. The molecule has 18 heavy (non-hydrogen) atoms. The van der Waals surface area contributed by atoms with E-state index in [1.165, 1.54) is 11.1 Å². The molecule has 1 aromatic heterocycles. The first-order chi connectivity index (χ1) is 8.54. The Kier molecular flexibility index (Phi) is 2.35. The molecule has 0 unspecified atom stereocenters. The quantitative estimate of drug-likeness (QED) is 0.684.